The summed E-state index contributed by atoms with van der Waals surface area (Å²) in [4.78, 5) is 0. The monoisotopic (exact) mass is 923 g/mol. The van der Waals surface area contributed by atoms with Crippen molar-refractivity contribution in [1.29, 1.82) is 0 Å². The van der Waals surface area contributed by atoms with E-state index >= 15 is 0 Å². The Kier molecular flexibility index (Phi) is 8.36. The van der Waals surface area contributed by atoms with Crippen molar-refractivity contribution in [2.75, 3.05) is 5.32 Å². The van der Waals surface area contributed by atoms with Crippen molar-refractivity contribution in [2.45, 2.75) is 123 Å². The first-order valence-electron chi connectivity index (χ1n) is 26.2. The van der Waals surface area contributed by atoms with Crippen LogP contribution >= 0.6 is 0 Å². The van der Waals surface area contributed by atoms with Gasteiger partial charge in [-0.1, -0.05) is 154 Å². The van der Waals surface area contributed by atoms with Gasteiger partial charge in [-0.15, -0.1) is 0 Å². The van der Waals surface area contributed by atoms with Gasteiger partial charge in [0.25, 0.3) is 0 Å². The molecule has 10 aromatic rings. The van der Waals surface area contributed by atoms with Crippen molar-refractivity contribution in [3.63, 3.8) is 0 Å². The van der Waals surface area contributed by atoms with Crippen molar-refractivity contribution in [2.24, 2.45) is 0 Å². The largest absolute Gasteiger partial charge is 0.456 e. The quantitative estimate of drug-likeness (QED) is 0.179. The van der Waals surface area contributed by atoms with Gasteiger partial charge in [0.05, 0.1) is 5.52 Å². The lowest BCUT2D eigenvalue weighted by Gasteiger charge is -2.42. The van der Waals surface area contributed by atoms with Crippen LogP contribution in [0, 0.1) is 6.92 Å². The van der Waals surface area contributed by atoms with E-state index in [1.165, 1.54) is 135 Å². The number of nitrogens with zero attached hydrogens (tertiary/aromatic N) is 1. The number of hydrogen-bond acceptors (Lipinski definition) is 2. The summed E-state index contributed by atoms with van der Waals surface area (Å²) in [6.07, 6.45) is 2.39. The average molecular weight is 923 g/mol. The van der Waals surface area contributed by atoms with E-state index in [1.807, 2.05) is 0 Å². The van der Waals surface area contributed by atoms with E-state index in [4.69, 9.17) is 4.42 Å². The normalized spacial score (nSPS) is 17.2. The Morgan fingerprint density at radius 1 is 0.535 bits per heavy atom. The third-order valence-corrected chi connectivity index (χ3v) is 18.3. The Morgan fingerprint density at radius 3 is 1.94 bits per heavy atom. The third kappa shape index (κ3) is 5.80. The smallest absolute Gasteiger partial charge is 0.198 e. The van der Waals surface area contributed by atoms with Crippen LogP contribution < -0.4 is 16.2 Å². The molecule has 3 heterocycles. The topological polar surface area (TPSA) is 30.1 Å². The summed E-state index contributed by atoms with van der Waals surface area (Å²) in [5, 5.41) is 9.02. The van der Waals surface area contributed by atoms with E-state index in [1.54, 1.807) is 0 Å². The van der Waals surface area contributed by atoms with Crippen LogP contribution in [-0.4, -0.2) is 11.8 Å². The standard InChI is InChI=1S/C67H63BN2O/c1-36-27-46(44-28-41-42-30-52-53(65(7,8)26-25-64(52,5)6)32-49(42)67(11,12)51(41)34-55(44)69-38-23-21-37(22-24-38)63(2,3)4)61-62-60(36)47-29-45-40-18-14-16-20-58(40)71-59(45)35-56(47)70(62)57-31-43-39-17-13-15-19-48(39)66(9,10)50(43)33-54(57)68-61/h13-24,27-35,68-69H,25-26H2,1-12H3. The molecule has 0 spiro atoms. The first-order chi connectivity index (χ1) is 33.7. The summed E-state index contributed by atoms with van der Waals surface area (Å²) in [6.45, 7) is 28.8. The molecule has 3 aliphatic carbocycles. The lowest BCUT2D eigenvalue weighted by atomic mass is 9.58. The van der Waals surface area contributed by atoms with Crippen LogP contribution in [0.15, 0.2) is 132 Å². The molecule has 0 amide bonds. The molecule has 2 aromatic heterocycles. The minimum atomic E-state index is -0.187. The molecule has 1 aliphatic heterocycles. The minimum Gasteiger partial charge on any atom is -0.456 e. The van der Waals surface area contributed by atoms with Gasteiger partial charge in [-0.2, -0.15) is 0 Å². The summed E-state index contributed by atoms with van der Waals surface area (Å²) >= 11 is 0. The van der Waals surface area contributed by atoms with E-state index < -0.39 is 0 Å². The number of anilines is 2. The number of nitrogens with one attached hydrogen (secondary N) is 1. The Labute approximate surface area is 419 Å². The molecule has 4 aliphatic rings. The SMILES string of the molecule is Cc1cc(-c2cc3c(cc2Nc2ccc(C(C)(C)C)cc2)C(C)(C)c2cc4c(cc2-3)C(C)(C)CCC4(C)C)c2c3c1c1cc4c(cc1n3-c1cc3c(cc1B2)C(C)(C)c1ccccc1-3)oc1ccccc14. The zero-order chi connectivity index (χ0) is 49.1. The molecule has 0 fully saturated rings. The van der Waals surface area contributed by atoms with Crippen LogP contribution in [0.2, 0.25) is 0 Å². The van der Waals surface area contributed by atoms with Gasteiger partial charge in [0, 0.05) is 66.6 Å². The highest BCUT2D eigenvalue weighted by atomic mass is 16.3. The maximum absolute atomic E-state index is 6.69. The summed E-state index contributed by atoms with van der Waals surface area (Å²) in [7, 11) is 0.826. The predicted molar refractivity (Wildman–Crippen MR) is 303 cm³/mol. The first kappa shape index (κ1) is 43.0. The number of hydrogen-bond donors (Lipinski definition) is 1. The third-order valence-electron chi connectivity index (χ3n) is 18.3. The fourth-order valence-electron chi connectivity index (χ4n) is 14.1. The second kappa shape index (κ2) is 13.8. The number of aryl methyl sites for hydroxylation is 1. The number of aromatic nitrogens is 1. The second-order valence-corrected chi connectivity index (χ2v) is 25.3. The van der Waals surface area contributed by atoms with Crippen LogP contribution in [0.5, 0.6) is 0 Å². The van der Waals surface area contributed by atoms with Crippen LogP contribution in [-0.2, 0) is 27.1 Å². The van der Waals surface area contributed by atoms with Crippen LogP contribution in [0.25, 0.3) is 82.8 Å². The lowest BCUT2D eigenvalue weighted by Crippen LogP contribution is -2.38. The van der Waals surface area contributed by atoms with Crippen molar-refractivity contribution in [1.82, 2.24) is 4.57 Å². The maximum Gasteiger partial charge on any atom is 0.198 e. The molecule has 4 heteroatoms. The number of rotatable bonds is 3. The van der Waals surface area contributed by atoms with Crippen LogP contribution in [0.3, 0.4) is 0 Å². The molecule has 8 aromatic carbocycles. The number of fused-ring (bicyclic) bond motifs is 15. The molecular formula is C67H63BN2O. The average Bonchev–Trinajstić information content (AvgIpc) is 4.00. The number of furan rings is 1. The highest BCUT2D eigenvalue weighted by Gasteiger charge is 2.44. The highest BCUT2D eigenvalue weighted by Crippen LogP contribution is 2.57. The fourth-order valence-corrected chi connectivity index (χ4v) is 14.1. The number of benzene rings is 8. The van der Waals surface area contributed by atoms with Gasteiger partial charge in [0.15, 0.2) is 7.28 Å². The van der Waals surface area contributed by atoms with Crippen molar-refractivity contribution >= 4 is 73.3 Å². The Hall–Kier alpha value is -6.78. The molecule has 0 bridgehead atoms. The van der Waals surface area contributed by atoms with E-state index in [0.717, 1.165) is 35.2 Å². The summed E-state index contributed by atoms with van der Waals surface area (Å²) in [5.41, 5.74) is 29.9. The molecule has 0 radical (unpaired) electrons. The van der Waals surface area contributed by atoms with Gasteiger partial charge in [-0.3, -0.25) is 0 Å². The molecule has 3 nitrogen and oxygen atoms in total. The zero-order valence-electron chi connectivity index (χ0n) is 43.6. The van der Waals surface area contributed by atoms with Gasteiger partial charge in [-0.25, -0.2) is 0 Å². The van der Waals surface area contributed by atoms with E-state index in [2.05, 4.69) is 220 Å². The molecule has 0 saturated heterocycles. The molecule has 350 valence electrons. The summed E-state index contributed by atoms with van der Waals surface area (Å²) in [6, 6.07) is 49.5. The van der Waals surface area contributed by atoms with Crippen LogP contribution in [0.1, 0.15) is 134 Å². The lowest BCUT2D eigenvalue weighted by molar-refractivity contribution is 0.331. The molecule has 0 unspecified atom stereocenters. The Bertz CT molecular complexity index is 4030. The van der Waals surface area contributed by atoms with Gasteiger partial charge in [0.2, 0.25) is 0 Å². The predicted octanol–water partition coefficient (Wildman–Crippen LogP) is 16.4. The molecular weight excluding hydrogens is 860 g/mol. The molecule has 1 N–H and O–H groups in total. The molecule has 14 rings (SSSR count). The highest BCUT2D eigenvalue weighted by molar-refractivity contribution is 6.73. The second-order valence-electron chi connectivity index (χ2n) is 25.3. The summed E-state index contributed by atoms with van der Waals surface area (Å²) < 4.78 is 9.31. The Morgan fingerprint density at radius 2 is 1.18 bits per heavy atom. The van der Waals surface area contributed by atoms with Crippen molar-refractivity contribution < 1.29 is 4.42 Å². The van der Waals surface area contributed by atoms with Gasteiger partial charge in [-0.05, 0) is 162 Å². The maximum atomic E-state index is 6.69. The summed E-state index contributed by atoms with van der Waals surface area (Å²) in [5.74, 6) is 0. The molecule has 0 saturated carbocycles. The van der Waals surface area contributed by atoms with E-state index in [9.17, 15) is 0 Å². The number of para-hydroxylation sites is 1. The molecule has 0 atom stereocenters. The molecule has 71 heavy (non-hydrogen) atoms. The van der Waals surface area contributed by atoms with Crippen molar-refractivity contribution in [3.8, 4) is 39.1 Å². The van der Waals surface area contributed by atoms with E-state index in [0.29, 0.717) is 0 Å². The van der Waals surface area contributed by atoms with Crippen molar-refractivity contribution in [3.05, 3.63) is 172 Å². The zero-order valence-corrected chi connectivity index (χ0v) is 43.6. The van der Waals surface area contributed by atoms with Gasteiger partial charge >= 0.3 is 0 Å². The minimum absolute atomic E-state index is 0.0630. The van der Waals surface area contributed by atoms with Crippen LogP contribution in [0.4, 0.5) is 11.4 Å². The Balaban J connectivity index is 1.07. The van der Waals surface area contributed by atoms with E-state index in [-0.39, 0.29) is 27.1 Å². The fraction of sp³-hybridized carbons (Fsp3) is 0.284. The first-order valence-corrected chi connectivity index (χ1v) is 26.2. The van der Waals surface area contributed by atoms with Gasteiger partial charge in [0.1, 0.15) is 11.2 Å². The van der Waals surface area contributed by atoms with Gasteiger partial charge < -0.3 is 14.3 Å².